The third-order valence-electron chi connectivity index (χ3n) is 1.75. The van der Waals surface area contributed by atoms with Crippen molar-refractivity contribution in [1.82, 2.24) is 4.98 Å². The zero-order valence-corrected chi connectivity index (χ0v) is 8.15. The number of alkyl halides is 3. The van der Waals surface area contributed by atoms with Gasteiger partial charge in [-0.25, -0.2) is 13.6 Å². The standard InChI is InChI=1S/C9H8F3NO3/c1-4-6(9(14)15)5(2-3-13-4)16-8(12)7(10)11/h2-3,7-8H,1H3,(H,14,15). The van der Waals surface area contributed by atoms with Crippen molar-refractivity contribution < 1.29 is 27.8 Å². The molecule has 1 aromatic rings. The fraction of sp³-hybridized carbons (Fsp3) is 0.333. The van der Waals surface area contributed by atoms with Gasteiger partial charge in [-0.2, -0.15) is 4.39 Å². The molecule has 0 aliphatic rings. The quantitative estimate of drug-likeness (QED) is 0.867. The molecule has 88 valence electrons. The molecule has 0 spiro atoms. The SMILES string of the molecule is Cc1nccc(OC(F)C(F)F)c1C(=O)O. The Morgan fingerprint density at radius 1 is 1.50 bits per heavy atom. The summed E-state index contributed by atoms with van der Waals surface area (Å²) in [4.78, 5) is 14.4. The minimum absolute atomic E-state index is 0.0615. The van der Waals surface area contributed by atoms with Crippen LogP contribution in [0.4, 0.5) is 13.2 Å². The van der Waals surface area contributed by atoms with Crippen molar-refractivity contribution in [3.05, 3.63) is 23.5 Å². The largest absolute Gasteiger partial charge is 0.477 e. The lowest BCUT2D eigenvalue weighted by Gasteiger charge is -2.13. The zero-order chi connectivity index (χ0) is 12.3. The Hall–Kier alpha value is -1.79. The van der Waals surface area contributed by atoms with Crippen molar-refractivity contribution in [3.8, 4) is 5.75 Å². The van der Waals surface area contributed by atoms with Gasteiger partial charge in [0.1, 0.15) is 11.3 Å². The van der Waals surface area contributed by atoms with Crippen LogP contribution in [-0.4, -0.2) is 28.8 Å². The van der Waals surface area contributed by atoms with E-state index in [1.54, 1.807) is 0 Å². The molecule has 0 amide bonds. The monoisotopic (exact) mass is 235 g/mol. The van der Waals surface area contributed by atoms with Crippen molar-refractivity contribution in [1.29, 1.82) is 0 Å². The van der Waals surface area contributed by atoms with E-state index < -0.39 is 30.1 Å². The summed E-state index contributed by atoms with van der Waals surface area (Å²) < 4.78 is 40.6. The summed E-state index contributed by atoms with van der Waals surface area (Å²) in [5, 5.41) is 8.77. The van der Waals surface area contributed by atoms with E-state index in [-0.39, 0.29) is 5.69 Å². The van der Waals surface area contributed by atoms with E-state index in [0.29, 0.717) is 0 Å². The van der Waals surface area contributed by atoms with Crippen LogP contribution < -0.4 is 4.74 Å². The smallest absolute Gasteiger partial charge is 0.341 e. The summed E-state index contributed by atoms with van der Waals surface area (Å²) >= 11 is 0. The normalized spacial score (nSPS) is 12.6. The number of halogens is 3. The van der Waals surface area contributed by atoms with Crippen molar-refractivity contribution in [3.63, 3.8) is 0 Å². The molecule has 1 atom stereocenters. The number of aromatic carboxylic acids is 1. The highest BCUT2D eigenvalue weighted by atomic mass is 19.3. The number of hydrogen-bond donors (Lipinski definition) is 1. The van der Waals surface area contributed by atoms with Crippen molar-refractivity contribution in [2.75, 3.05) is 0 Å². The van der Waals surface area contributed by atoms with E-state index in [9.17, 15) is 18.0 Å². The Kier molecular flexibility index (Phi) is 3.70. The van der Waals surface area contributed by atoms with Gasteiger partial charge in [0.05, 0.1) is 5.69 Å². The van der Waals surface area contributed by atoms with Gasteiger partial charge in [0.15, 0.2) is 0 Å². The Labute approximate surface area is 88.7 Å². The Morgan fingerprint density at radius 2 is 2.12 bits per heavy atom. The van der Waals surface area contributed by atoms with Gasteiger partial charge in [0.25, 0.3) is 6.36 Å². The van der Waals surface area contributed by atoms with Gasteiger partial charge in [-0.1, -0.05) is 0 Å². The molecule has 1 rings (SSSR count). The summed E-state index contributed by atoms with van der Waals surface area (Å²) in [5.41, 5.74) is -0.364. The molecule has 0 bridgehead atoms. The van der Waals surface area contributed by atoms with Gasteiger partial charge < -0.3 is 9.84 Å². The molecule has 7 heteroatoms. The summed E-state index contributed by atoms with van der Waals surface area (Å²) in [6, 6.07) is 1.02. The fourth-order valence-electron chi connectivity index (χ4n) is 1.07. The van der Waals surface area contributed by atoms with Gasteiger partial charge in [-0.05, 0) is 13.0 Å². The minimum atomic E-state index is -3.34. The number of rotatable bonds is 4. The van der Waals surface area contributed by atoms with E-state index in [0.717, 1.165) is 12.3 Å². The Balaban J connectivity index is 3.04. The molecule has 4 nitrogen and oxygen atoms in total. The number of carboxylic acid groups (broad SMARTS) is 1. The lowest BCUT2D eigenvalue weighted by molar-refractivity contribution is -0.0673. The predicted octanol–water partition coefficient (Wildman–Crippen LogP) is 2.03. The van der Waals surface area contributed by atoms with Crippen LogP contribution in [0.1, 0.15) is 16.1 Å². The van der Waals surface area contributed by atoms with Crippen LogP contribution in [0.5, 0.6) is 5.75 Å². The summed E-state index contributed by atoms with van der Waals surface area (Å²) in [7, 11) is 0. The van der Waals surface area contributed by atoms with E-state index in [2.05, 4.69) is 9.72 Å². The number of aromatic nitrogens is 1. The van der Waals surface area contributed by atoms with Crippen LogP contribution in [0.15, 0.2) is 12.3 Å². The molecule has 16 heavy (non-hydrogen) atoms. The molecule has 0 aliphatic carbocycles. The third-order valence-corrected chi connectivity index (χ3v) is 1.75. The number of hydrogen-bond acceptors (Lipinski definition) is 3. The van der Waals surface area contributed by atoms with Gasteiger partial charge in [-0.3, -0.25) is 4.98 Å². The van der Waals surface area contributed by atoms with E-state index >= 15 is 0 Å². The average molecular weight is 235 g/mol. The Morgan fingerprint density at radius 3 is 2.62 bits per heavy atom. The third kappa shape index (κ3) is 2.62. The molecule has 0 fully saturated rings. The number of carbonyl (C=O) groups is 1. The number of pyridine rings is 1. The highest BCUT2D eigenvalue weighted by molar-refractivity contribution is 5.91. The van der Waals surface area contributed by atoms with Crippen LogP contribution in [0, 0.1) is 6.92 Å². The first-order valence-electron chi connectivity index (χ1n) is 4.21. The van der Waals surface area contributed by atoms with Crippen LogP contribution in [0.2, 0.25) is 0 Å². The number of ether oxygens (including phenoxy) is 1. The lowest BCUT2D eigenvalue weighted by Crippen LogP contribution is -2.21. The topological polar surface area (TPSA) is 59.4 Å². The second kappa shape index (κ2) is 4.82. The Bertz CT molecular complexity index is 398. The zero-order valence-electron chi connectivity index (χ0n) is 8.15. The molecule has 1 unspecified atom stereocenters. The molecule has 1 N–H and O–H groups in total. The highest BCUT2D eigenvalue weighted by Crippen LogP contribution is 2.23. The maximum absolute atomic E-state index is 12.6. The van der Waals surface area contributed by atoms with Gasteiger partial charge in [-0.15, -0.1) is 0 Å². The number of carboxylic acids is 1. The van der Waals surface area contributed by atoms with Crippen LogP contribution >= 0.6 is 0 Å². The van der Waals surface area contributed by atoms with Crippen LogP contribution in [0.25, 0.3) is 0 Å². The van der Waals surface area contributed by atoms with Crippen molar-refractivity contribution in [2.24, 2.45) is 0 Å². The number of aryl methyl sites for hydroxylation is 1. The molecule has 0 aromatic carbocycles. The van der Waals surface area contributed by atoms with Gasteiger partial charge in [0.2, 0.25) is 0 Å². The lowest BCUT2D eigenvalue weighted by atomic mass is 10.2. The second-order valence-electron chi connectivity index (χ2n) is 2.88. The van der Waals surface area contributed by atoms with Gasteiger partial charge in [0, 0.05) is 6.20 Å². The summed E-state index contributed by atoms with van der Waals surface area (Å²) in [5.74, 6) is -1.88. The maximum atomic E-state index is 12.6. The first kappa shape index (κ1) is 12.3. The first-order chi connectivity index (χ1) is 7.43. The fourth-order valence-corrected chi connectivity index (χ4v) is 1.07. The number of nitrogens with zero attached hydrogens (tertiary/aromatic N) is 1. The second-order valence-corrected chi connectivity index (χ2v) is 2.88. The first-order valence-corrected chi connectivity index (χ1v) is 4.21. The summed E-state index contributed by atoms with van der Waals surface area (Å²) in [6.45, 7) is 1.35. The summed E-state index contributed by atoms with van der Waals surface area (Å²) in [6.07, 6.45) is -5.05. The highest BCUT2D eigenvalue weighted by Gasteiger charge is 2.24. The molecule has 1 heterocycles. The van der Waals surface area contributed by atoms with E-state index in [1.165, 1.54) is 6.92 Å². The molecule has 1 aromatic heterocycles. The van der Waals surface area contributed by atoms with Crippen molar-refractivity contribution in [2.45, 2.75) is 19.7 Å². The molecular formula is C9H8F3NO3. The molecule has 0 saturated heterocycles. The van der Waals surface area contributed by atoms with Crippen LogP contribution in [0.3, 0.4) is 0 Å². The van der Waals surface area contributed by atoms with Crippen molar-refractivity contribution >= 4 is 5.97 Å². The van der Waals surface area contributed by atoms with E-state index in [1.807, 2.05) is 0 Å². The van der Waals surface area contributed by atoms with Gasteiger partial charge >= 0.3 is 12.4 Å². The average Bonchev–Trinajstić information content (AvgIpc) is 2.16. The van der Waals surface area contributed by atoms with E-state index in [4.69, 9.17) is 5.11 Å². The minimum Gasteiger partial charge on any atom is -0.477 e. The van der Waals surface area contributed by atoms with Crippen LogP contribution in [-0.2, 0) is 0 Å². The molecule has 0 aliphatic heterocycles. The predicted molar refractivity (Wildman–Crippen MR) is 47.5 cm³/mol. The molecule has 0 saturated carbocycles. The molecular weight excluding hydrogens is 227 g/mol. The molecule has 0 radical (unpaired) electrons. The maximum Gasteiger partial charge on any atom is 0.341 e.